The largest absolute Gasteiger partial charge is 0.493 e. The molecule has 1 saturated heterocycles. The molecule has 0 radical (unpaired) electrons. The van der Waals surface area contributed by atoms with Gasteiger partial charge in [0.15, 0.2) is 0 Å². The fraction of sp³-hybridized carbons (Fsp3) is 0.548. The minimum absolute atomic E-state index is 0.0410. The third kappa shape index (κ3) is 7.49. The molecule has 0 spiro atoms. The number of aromatic nitrogens is 2. The second kappa shape index (κ2) is 13.1. The Bertz CT molecular complexity index is 1300. The molecule has 222 valence electrons. The van der Waals surface area contributed by atoms with E-state index in [1.165, 1.54) is 0 Å². The standard InChI is InChI=1S/C31H42N4O6/c1-21-20-35(16-10-26(21)36)17-14-31(38)12-8-23(9-13-31)33-30(37)41-28-19-24-25(34-28)6-3-7-27(24)40-18-11-22-5-4-15-32-29(22)39-2/h3-7,15,19,21,23,26,34,36,38H,8-14,16-18,20H2,1-2H3,(H,33,37)/t21-,23?,26-,31?/m0/s1. The van der Waals surface area contributed by atoms with Crippen LogP contribution in [0.2, 0.25) is 0 Å². The zero-order chi connectivity index (χ0) is 28.8. The molecule has 1 aliphatic heterocycles. The number of carbonyl (C=O) groups is 1. The zero-order valence-electron chi connectivity index (χ0n) is 24.0. The van der Waals surface area contributed by atoms with E-state index in [1.807, 2.05) is 30.3 Å². The van der Waals surface area contributed by atoms with Crippen molar-refractivity contribution in [3.63, 3.8) is 0 Å². The van der Waals surface area contributed by atoms with Crippen molar-refractivity contribution in [1.82, 2.24) is 20.2 Å². The Morgan fingerprint density at radius 1 is 1.22 bits per heavy atom. The topological polar surface area (TPSA) is 129 Å². The molecule has 5 rings (SSSR count). The molecule has 3 aromatic rings. The third-order valence-electron chi connectivity index (χ3n) is 8.55. The number of nitrogens with zero attached hydrogens (tertiary/aromatic N) is 2. The number of aliphatic hydroxyl groups is 2. The van der Waals surface area contributed by atoms with Gasteiger partial charge in [0, 0.05) is 55.3 Å². The molecule has 1 amide bonds. The third-order valence-corrected chi connectivity index (χ3v) is 8.55. The molecule has 1 aliphatic carbocycles. The molecule has 2 fully saturated rings. The summed E-state index contributed by atoms with van der Waals surface area (Å²) in [7, 11) is 1.60. The first-order chi connectivity index (χ1) is 19.8. The average Bonchev–Trinajstić information content (AvgIpc) is 3.38. The molecule has 10 nitrogen and oxygen atoms in total. The van der Waals surface area contributed by atoms with E-state index in [0.29, 0.717) is 62.6 Å². The van der Waals surface area contributed by atoms with E-state index in [2.05, 4.69) is 27.1 Å². The van der Waals surface area contributed by atoms with Crippen molar-refractivity contribution in [2.45, 2.75) is 69.6 Å². The van der Waals surface area contributed by atoms with Crippen molar-refractivity contribution in [1.29, 1.82) is 0 Å². The number of hydrogen-bond donors (Lipinski definition) is 4. The van der Waals surface area contributed by atoms with Gasteiger partial charge in [-0.3, -0.25) is 0 Å². The zero-order valence-corrected chi connectivity index (χ0v) is 24.0. The predicted molar refractivity (Wildman–Crippen MR) is 155 cm³/mol. The summed E-state index contributed by atoms with van der Waals surface area (Å²) in [6.07, 6.45) is 5.79. The normalized spacial score (nSPS) is 25.1. The maximum Gasteiger partial charge on any atom is 0.414 e. The number of benzene rings is 1. The number of methoxy groups -OCH3 is 1. The lowest BCUT2D eigenvalue weighted by atomic mass is 9.80. The van der Waals surface area contributed by atoms with E-state index in [0.717, 1.165) is 42.5 Å². The highest BCUT2D eigenvalue weighted by atomic mass is 16.6. The summed E-state index contributed by atoms with van der Waals surface area (Å²) >= 11 is 0. The molecule has 2 atom stereocenters. The van der Waals surface area contributed by atoms with Gasteiger partial charge in [0.05, 0.1) is 30.9 Å². The Kier molecular flexibility index (Phi) is 9.32. The van der Waals surface area contributed by atoms with Crippen LogP contribution in [-0.2, 0) is 6.42 Å². The summed E-state index contributed by atoms with van der Waals surface area (Å²) in [4.78, 5) is 22.4. The molecule has 10 heteroatoms. The Morgan fingerprint density at radius 2 is 2.05 bits per heavy atom. The van der Waals surface area contributed by atoms with Gasteiger partial charge in [-0.1, -0.05) is 19.1 Å². The second-order valence-electron chi connectivity index (χ2n) is 11.5. The van der Waals surface area contributed by atoms with Crippen molar-refractivity contribution in [2.24, 2.45) is 5.92 Å². The minimum Gasteiger partial charge on any atom is -0.493 e. The van der Waals surface area contributed by atoms with Crippen LogP contribution in [0.25, 0.3) is 10.9 Å². The summed E-state index contributed by atoms with van der Waals surface area (Å²) in [5.41, 5.74) is 1.07. The van der Waals surface area contributed by atoms with Crippen molar-refractivity contribution in [2.75, 3.05) is 33.4 Å². The Hall–Kier alpha value is -3.34. The van der Waals surface area contributed by atoms with Crippen LogP contribution in [0.15, 0.2) is 42.6 Å². The molecular weight excluding hydrogens is 524 g/mol. The number of amides is 1. The number of aromatic amines is 1. The number of aliphatic hydroxyl groups excluding tert-OH is 1. The molecule has 2 aliphatic rings. The second-order valence-corrected chi connectivity index (χ2v) is 11.5. The molecule has 0 bridgehead atoms. The first-order valence-electron chi connectivity index (χ1n) is 14.7. The first kappa shape index (κ1) is 29.2. The highest BCUT2D eigenvalue weighted by Crippen LogP contribution is 2.33. The van der Waals surface area contributed by atoms with Crippen LogP contribution in [0.1, 0.15) is 51.0 Å². The van der Waals surface area contributed by atoms with Gasteiger partial charge in [-0.05, 0) is 62.6 Å². The molecular formula is C31H42N4O6. The molecule has 4 N–H and O–H groups in total. The van der Waals surface area contributed by atoms with Crippen molar-refractivity contribution in [3.05, 3.63) is 48.2 Å². The van der Waals surface area contributed by atoms with E-state index in [4.69, 9.17) is 14.2 Å². The molecule has 3 heterocycles. The van der Waals surface area contributed by atoms with Gasteiger partial charge >= 0.3 is 6.09 Å². The monoisotopic (exact) mass is 566 g/mol. The Balaban J connectivity index is 1.08. The van der Waals surface area contributed by atoms with Gasteiger partial charge in [0.2, 0.25) is 11.8 Å². The van der Waals surface area contributed by atoms with Crippen LogP contribution in [0.4, 0.5) is 4.79 Å². The lowest BCUT2D eigenvalue weighted by molar-refractivity contribution is -0.0271. The Morgan fingerprint density at radius 3 is 2.83 bits per heavy atom. The minimum atomic E-state index is -0.711. The summed E-state index contributed by atoms with van der Waals surface area (Å²) in [6, 6.07) is 11.3. The molecule has 0 unspecified atom stereocenters. The average molecular weight is 567 g/mol. The van der Waals surface area contributed by atoms with Crippen molar-refractivity contribution >= 4 is 17.0 Å². The fourth-order valence-corrected chi connectivity index (χ4v) is 5.99. The summed E-state index contributed by atoms with van der Waals surface area (Å²) < 4.78 is 17.0. The number of pyridine rings is 1. The van der Waals surface area contributed by atoms with Gasteiger partial charge in [-0.25, -0.2) is 9.78 Å². The van der Waals surface area contributed by atoms with Crippen molar-refractivity contribution < 1.29 is 29.2 Å². The number of nitrogens with one attached hydrogen (secondary N) is 2. The number of piperidine rings is 1. The molecule has 2 aromatic heterocycles. The highest BCUT2D eigenvalue weighted by Gasteiger charge is 2.35. The van der Waals surface area contributed by atoms with Gasteiger partial charge < -0.3 is 39.6 Å². The van der Waals surface area contributed by atoms with Crippen LogP contribution >= 0.6 is 0 Å². The molecule has 1 saturated carbocycles. The molecule has 41 heavy (non-hydrogen) atoms. The lowest BCUT2D eigenvalue weighted by Gasteiger charge is -2.39. The van der Waals surface area contributed by atoms with Crippen LogP contribution in [0, 0.1) is 5.92 Å². The number of ether oxygens (including phenoxy) is 3. The fourth-order valence-electron chi connectivity index (χ4n) is 5.99. The quantitative estimate of drug-likeness (QED) is 0.289. The van der Waals surface area contributed by atoms with Crippen LogP contribution < -0.4 is 19.5 Å². The number of carbonyl (C=O) groups excluding carboxylic acids is 1. The van der Waals surface area contributed by atoms with E-state index in [1.54, 1.807) is 19.4 Å². The smallest absolute Gasteiger partial charge is 0.414 e. The van der Waals surface area contributed by atoms with E-state index < -0.39 is 11.7 Å². The first-order valence-corrected chi connectivity index (χ1v) is 14.7. The highest BCUT2D eigenvalue weighted by molar-refractivity contribution is 5.88. The maximum atomic E-state index is 12.7. The lowest BCUT2D eigenvalue weighted by Crippen LogP contribution is -2.47. The number of fused-ring (bicyclic) bond motifs is 1. The van der Waals surface area contributed by atoms with Crippen LogP contribution in [-0.4, -0.2) is 82.3 Å². The van der Waals surface area contributed by atoms with Gasteiger partial charge in [-0.15, -0.1) is 0 Å². The summed E-state index contributed by atoms with van der Waals surface area (Å²) in [5, 5.41) is 24.9. The van der Waals surface area contributed by atoms with E-state index >= 15 is 0 Å². The summed E-state index contributed by atoms with van der Waals surface area (Å²) in [6.45, 7) is 5.09. The van der Waals surface area contributed by atoms with Gasteiger partial charge in [0.25, 0.3) is 0 Å². The van der Waals surface area contributed by atoms with E-state index in [-0.39, 0.29) is 18.1 Å². The Labute approximate surface area is 241 Å². The maximum absolute atomic E-state index is 12.7. The van der Waals surface area contributed by atoms with Crippen LogP contribution in [0.5, 0.6) is 17.5 Å². The summed E-state index contributed by atoms with van der Waals surface area (Å²) in [5.74, 6) is 1.89. The van der Waals surface area contributed by atoms with Crippen LogP contribution in [0.3, 0.4) is 0 Å². The number of likely N-dealkylation sites (tertiary alicyclic amines) is 1. The number of H-pyrrole nitrogens is 1. The number of hydrogen-bond acceptors (Lipinski definition) is 8. The van der Waals surface area contributed by atoms with Crippen molar-refractivity contribution in [3.8, 4) is 17.5 Å². The van der Waals surface area contributed by atoms with Gasteiger partial charge in [-0.2, -0.15) is 0 Å². The predicted octanol–water partition coefficient (Wildman–Crippen LogP) is 4.05. The molecule has 1 aromatic carbocycles. The SMILES string of the molecule is COc1ncccc1CCOc1cccc2[nH]c(OC(=O)NC3CCC(O)(CCN4CC[C@H](O)[C@@H](C)C4)CC3)cc12. The van der Waals surface area contributed by atoms with Gasteiger partial charge in [0.1, 0.15) is 5.75 Å². The van der Waals surface area contributed by atoms with E-state index in [9.17, 15) is 15.0 Å². The number of rotatable bonds is 10.